The minimum Gasteiger partial charge on any atom is -0.409 e. The van der Waals surface area contributed by atoms with Gasteiger partial charge in [-0.25, -0.2) is 8.78 Å². The predicted octanol–water partition coefficient (Wildman–Crippen LogP) is 0.318. The zero-order chi connectivity index (χ0) is 9.72. The molecule has 1 atom stereocenters. The van der Waals surface area contributed by atoms with Gasteiger partial charge in [-0.05, 0) is 14.0 Å². The van der Waals surface area contributed by atoms with Gasteiger partial charge in [0.25, 0.3) is 6.43 Å². The number of oxime groups is 1. The Morgan fingerprint density at radius 1 is 1.67 bits per heavy atom. The summed E-state index contributed by atoms with van der Waals surface area (Å²) in [6, 6.07) is -0.482. The summed E-state index contributed by atoms with van der Waals surface area (Å²) in [7, 11) is 1.48. The van der Waals surface area contributed by atoms with Crippen LogP contribution in [0.5, 0.6) is 0 Å². The van der Waals surface area contributed by atoms with Gasteiger partial charge in [0, 0.05) is 0 Å². The van der Waals surface area contributed by atoms with Crippen LogP contribution in [-0.4, -0.2) is 42.0 Å². The Labute approximate surface area is 69.6 Å². The van der Waals surface area contributed by atoms with Gasteiger partial charge in [0.05, 0.1) is 12.6 Å². The first-order chi connectivity index (χ1) is 5.49. The molecule has 0 aliphatic heterocycles. The number of nitrogens with zero attached hydrogens (tertiary/aromatic N) is 2. The van der Waals surface area contributed by atoms with Crippen LogP contribution in [0.15, 0.2) is 5.16 Å². The second kappa shape index (κ2) is 4.87. The summed E-state index contributed by atoms with van der Waals surface area (Å²) in [5.41, 5.74) is 5.21. The summed E-state index contributed by atoms with van der Waals surface area (Å²) in [5, 5.41) is 11.0. The zero-order valence-corrected chi connectivity index (χ0v) is 7.04. The number of hydrogen-bond acceptors (Lipinski definition) is 3. The standard InChI is InChI=1S/C6H13F2N3O/c1-4(6(9)10-12)11(2)3-5(7)8/h4-5,12H,3H2,1-2H3,(H2,9,10). The van der Waals surface area contributed by atoms with E-state index in [1.54, 1.807) is 6.92 Å². The molecule has 0 heterocycles. The van der Waals surface area contributed by atoms with Crippen molar-refractivity contribution in [1.82, 2.24) is 4.90 Å². The van der Waals surface area contributed by atoms with E-state index in [4.69, 9.17) is 10.9 Å². The summed E-state index contributed by atoms with van der Waals surface area (Å²) in [4.78, 5) is 1.31. The third-order valence-electron chi connectivity index (χ3n) is 1.63. The van der Waals surface area contributed by atoms with Crippen LogP contribution in [0.25, 0.3) is 0 Å². The van der Waals surface area contributed by atoms with Gasteiger partial charge in [-0.1, -0.05) is 5.16 Å². The van der Waals surface area contributed by atoms with Gasteiger partial charge in [-0.15, -0.1) is 0 Å². The van der Waals surface area contributed by atoms with Gasteiger partial charge in [0.15, 0.2) is 5.84 Å². The average Bonchev–Trinajstić information content (AvgIpc) is 2.00. The van der Waals surface area contributed by atoms with E-state index in [1.807, 2.05) is 0 Å². The molecule has 0 aromatic carbocycles. The first-order valence-corrected chi connectivity index (χ1v) is 3.44. The maximum absolute atomic E-state index is 11.8. The lowest BCUT2D eigenvalue weighted by Crippen LogP contribution is -2.42. The summed E-state index contributed by atoms with van der Waals surface area (Å²) in [5.74, 6) is -0.0712. The molecular formula is C6H13F2N3O. The number of amidine groups is 1. The molecule has 0 saturated heterocycles. The monoisotopic (exact) mass is 181 g/mol. The number of nitrogens with two attached hydrogens (primary N) is 1. The second-order valence-corrected chi connectivity index (χ2v) is 2.53. The molecule has 12 heavy (non-hydrogen) atoms. The Hall–Kier alpha value is -0.910. The fourth-order valence-electron chi connectivity index (χ4n) is 0.685. The third-order valence-corrected chi connectivity index (χ3v) is 1.63. The molecule has 4 nitrogen and oxygen atoms in total. The van der Waals surface area contributed by atoms with Crippen LogP contribution in [0.4, 0.5) is 8.78 Å². The van der Waals surface area contributed by atoms with Crippen molar-refractivity contribution < 1.29 is 14.0 Å². The highest BCUT2D eigenvalue weighted by Gasteiger charge is 2.16. The summed E-state index contributed by atoms with van der Waals surface area (Å²) in [6.07, 6.45) is -2.41. The molecule has 0 aliphatic rings. The highest BCUT2D eigenvalue weighted by atomic mass is 19.3. The Morgan fingerprint density at radius 3 is 2.50 bits per heavy atom. The van der Waals surface area contributed by atoms with Crippen molar-refractivity contribution in [3.8, 4) is 0 Å². The molecule has 3 N–H and O–H groups in total. The van der Waals surface area contributed by atoms with E-state index in [1.165, 1.54) is 11.9 Å². The largest absolute Gasteiger partial charge is 0.409 e. The van der Waals surface area contributed by atoms with E-state index < -0.39 is 19.0 Å². The summed E-state index contributed by atoms with van der Waals surface area (Å²) < 4.78 is 23.7. The Bertz CT molecular complexity index is 163. The topological polar surface area (TPSA) is 61.9 Å². The van der Waals surface area contributed by atoms with E-state index in [-0.39, 0.29) is 5.84 Å². The number of likely N-dealkylation sites (N-methyl/N-ethyl adjacent to an activating group) is 1. The molecule has 6 heteroatoms. The minimum atomic E-state index is -2.41. The minimum absolute atomic E-state index is 0.0712. The van der Waals surface area contributed by atoms with E-state index in [9.17, 15) is 8.78 Å². The maximum Gasteiger partial charge on any atom is 0.251 e. The Morgan fingerprint density at radius 2 is 2.17 bits per heavy atom. The van der Waals surface area contributed by atoms with E-state index in [2.05, 4.69) is 5.16 Å². The third kappa shape index (κ3) is 3.47. The highest BCUT2D eigenvalue weighted by molar-refractivity contribution is 5.84. The van der Waals surface area contributed by atoms with Crippen LogP contribution in [0, 0.1) is 0 Å². The van der Waals surface area contributed by atoms with Crippen LogP contribution in [-0.2, 0) is 0 Å². The molecule has 0 fully saturated rings. The number of rotatable bonds is 4. The molecule has 0 bridgehead atoms. The normalized spacial score (nSPS) is 15.7. The molecule has 0 amide bonds. The quantitative estimate of drug-likeness (QED) is 0.284. The molecule has 1 unspecified atom stereocenters. The molecule has 72 valence electrons. The summed E-state index contributed by atoms with van der Waals surface area (Å²) >= 11 is 0. The molecule has 0 aromatic rings. The zero-order valence-electron chi connectivity index (χ0n) is 7.04. The van der Waals surface area contributed by atoms with Crippen molar-refractivity contribution in [1.29, 1.82) is 0 Å². The van der Waals surface area contributed by atoms with Crippen molar-refractivity contribution in [3.05, 3.63) is 0 Å². The van der Waals surface area contributed by atoms with Crippen molar-refractivity contribution in [2.45, 2.75) is 19.4 Å². The van der Waals surface area contributed by atoms with Gasteiger partial charge < -0.3 is 10.9 Å². The van der Waals surface area contributed by atoms with Gasteiger partial charge in [0.1, 0.15) is 0 Å². The Kier molecular flexibility index (Phi) is 4.50. The molecular weight excluding hydrogens is 168 g/mol. The van der Waals surface area contributed by atoms with Crippen LogP contribution < -0.4 is 5.73 Å². The lowest BCUT2D eigenvalue weighted by molar-refractivity contribution is 0.0944. The van der Waals surface area contributed by atoms with Gasteiger partial charge >= 0.3 is 0 Å². The first-order valence-electron chi connectivity index (χ1n) is 3.44. The van der Waals surface area contributed by atoms with E-state index in [0.29, 0.717) is 0 Å². The SMILES string of the molecule is CC(C(N)=NO)N(C)CC(F)F. The lowest BCUT2D eigenvalue weighted by atomic mass is 10.3. The van der Waals surface area contributed by atoms with Crippen LogP contribution >= 0.6 is 0 Å². The van der Waals surface area contributed by atoms with Crippen LogP contribution in [0.1, 0.15) is 6.92 Å². The second-order valence-electron chi connectivity index (χ2n) is 2.53. The average molecular weight is 181 g/mol. The lowest BCUT2D eigenvalue weighted by Gasteiger charge is -2.22. The molecule has 0 aliphatic carbocycles. The summed E-state index contributed by atoms with van der Waals surface area (Å²) in [6.45, 7) is 1.19. The van der Waals surface area contributed by atoms with Gasteiger partial charge in [-0.3, -0.25) is 4.90 Å². The first kappa shape index (κ1) is 11.1. The molecule has 0 rings (SSSR count). The molecule has 0 spiro atoms. The highest BCUT2D eigenvalue weighted by Crippen LogP contribution is 2.00. The van der Waals surface area contributed by atoms with E-state index >= 15 is 0 Å². The molecule has 0 aromatic heterocycles. The Balaban J connectivity index is 4.01. The van der Waals surface area contributed by atoms with Gasteiger partial charge in [0.2, 0.25) is 0 Å². The van der Waals surface area contributed by atoms with E-state index in [0.717, 1.165) is 0 Å². The fraction of sp³-hybridized carbons (Fsp3) is 0.833. The fourth-order valence-corrected chi connectivity index (χ4v) is 0.685. The molecule has 0 saturated carbocycles. The predicted molar refractivity (Wildman–Crippen MR) is 41.5 cm³/mol. The number of hydrogen-bond donors (Lipinski definition) is 2. The van der Waals surface area contributed by atoms with Crippen molar-refractivity contribution >= 4 is 5.84 Å². The smallest absolute Gasteiger partial charge is 0.251 e. The van der Waals surface area contributed by atoms with Crippen molar-refractivity contribution in [3.63, 3.8) is 0 Å². The van der Waals surface area contributed by atoms with Crippen LogP contribution in [0.2, 0.25) is 0 Å². The van der Waals surface area contributed by atoms with Crippen molar-refractivity contribution in [2.24, 2.45) is 10.9 Å². The number of alkyl halides is 2. The van der Waals surface area contributed by atoms with Crippen LogP contribution in [0.3, 0.4) is 0 Å². The van der Waals surface area contributed by atoms with Crippen molar-refractivity contribution in [2.75, 3.05) is 13.6 Å². The molecule has 0 radical (unpaired) electrons. The maximum atomic E-state index is 11.8. The van der Waals surface area contributed by atoms with Gasteiger partial charge in [-0.2, -0.15) is 0 Å². The number of halogens is 2.